The smallest absolute Gasteiger partial charge is 0.175 e. The Bertz CT molecular complexity index is 1350. The number of fused-ring (bicyclic) bond motifs is 1. The summed E-state index contributed by atoms with van der Waals surface area (Å²) >= 11 is 3.65. The van der Waals surface area contributed by atoms with E-state index in [9.17, 15) is 5.26 Å². The average Bonchev–Trinajstić information content (AvgIpc) is 2.83. The van der Waals surface area contributed by atoms with Crippen LogP contribution < -0.4 is 9.47 Å². The van der Waals surface area contributed by atoms with Gasteiger partial charge in [0.2, 0.25) is 0 Å². The lowest BCUT2D eigenvalue weighted by Gasteiger charge is -2.16. The molecule has 0 bridgehead atoms. The third kappa shape index (κ3) is 5.27. The summed E-state index contributed by atoms with van der Waals surface area (Å²) in [5.41, 5.74) is 4.60. The summed E-state index contributed by atoms with van der Waals surface area (Å²) < 4.78 is 12.9. The van der Waals surface area contributed by atoms with Crippen LogP contribution in [0.1, 0.15) is 29.2 Å². The Labute approximate surface area is 203 Å². The first-order valence-electron chi connectivity index (χ1n) is 10.8. The number of ether oxygens (including phenoxy) is 2. The Kier molecular flexibility index (Phi) is 7.12. The van der Waals surface area contributed by atoms with Gasteiger partial charge in [-0.15, -0.1) is 0 Å². The van der Waals surface area contributed by atoms with Gasteiger partial charge in [-0.1, -0.05) is 72.3 Å². The molecule has 0 aliphatic carbocycles. The number of halogens is 1. The molecule has 4 aromatic rings. The number of hydrogen-bond acceptors (Lipinski definition) is 3. The summed E-state index contributed by atoms with van der Waals surface area (Å²) in [4.78, 5) is 0. The van der Waals surface area contributed by atoms with Crippen molar-refractivity contribution in [3.63, 3.8) is 0 Å². The maximum atomic E-state index is 9.72. The number of hydrogen-bond donors (Lipinski definition) is 0. The van der Waals surface area contributed by atoms with Crippen molar-refractivity contribution in [3.8, 4) is 17.6 Å². The second kappa shape index (κ2) is 10.4. The minimum absolute atomic E-state index is 0.419. The van der Waals surface area contributed by atoms with Gasteiger partial charge in [-0.25, -0.2) is 0 Å². The summed E-state index contributed by atoms with van der Waals surface area (Å²) in [7, 11) is 0. The first-order valence-corrected chi connectivity index (χ1v) is 11.6. The Morgan fingerprint density at radius 3 is 2.48 bits per heavy atom. The van der Waals surface area contributed by atoms with Crippen LogP contribution in [0.25, 0.3) is 22.4 Å². The molecule has 0 aromatic heterocycles. The zero-order valence-corrected chi connectivity index (χ0v) is 20.2. The normalized spacial score (nSPS) is 11.3. The molecule has 0 N–H and O–H groups in total. The molecule has 0 spiro atoms. The zero-order valence-electron chi connectivity index (χ0n) is 18.6. The lowest BCUT2D eigenvalue weighted by atomic mass is 10.0. The molecule has 0 aliphatic heterocycles. The monoisotopic (exact) mass is 497 g/mol. The molecule has 0 atom stereocenters. The molecule has 164 valence electrons. The molecule has 33 heavy (non-hydrogen) atoms. The van der Waals surface area contributed by atoms with Crippen LogP contribution in [-0.2, 0) is 6.61 Å². The first kappa shape index (κ1) is 22.6. The highest BCUT2D eigenvalue weighted by molar-refractivity contribution is 9.10. The van der Waals surface area contributed by atoms with Crippen molar-refractivity contribution in [1.29, 1.82) is 5.26 Å². The summed E-state index contributed by atoms with van der Waals surface area (Å²) in [5.74, 6) is 1.29. The third-order valence-electron chi connectivity index (χ3n) is 5.38. The van der Waals surface area contributed by atoms with Crippen LogP contribution in [0.3, 0.4) is 0 Å². The molecule has 0 fully saturated rings. The zero-order chi connectivity index (χ0) is 23.2. The fraction of sp³-hybridized carbons (Fsp3) is 0.138. The third-order valence-corrected chi connectivity index (χ3v) is 5.97. The van der Waals surface area contributed by atoms with Crippen LogP contribution in [0.2, 0.25) is 0 Å². The molecule has 0 saturated carbocycles. The molecule has 4 aromatic carbocycles. The highest BCUT2D eigenvalue weighted by Gasteiger charge is 2.14. The lowest BCUT2D eigenvalue weighted by molar-refractivity contribution is 0.268. The number of rotatable bonds is 7. The average molecular weight is 498 g/mol. The van der Waals surface area contributed by atoms with Crippen molar-refractivity contribution in [2.45, 2.75) is 20.5 Å². The van der Waals surface area contributed by atoms with Gasteiger partial charge in [0.05, 0.1) is 22.7 Å². The number of nitrogens with zero attached hydrogens (tertiary/aromatic N) is 1. The van der Waals surface area contributed by atoms with E-state index in [4.69, 9.17) is 9.47 Å². The van der Waals surface area contributed by atoms with Crippen LogP contribution in [0.5, 0.6) is 11.5 Å². The van der Waals surface area contributed by atoms with Crippen LogP contribution in [0.4, 0.5) is 0 Å². The van der Waals surface area contributed by atoms with Crippen LogP contribution in [0.15, 0.2) is 83.3 Å². The van der Waals surface area contributed by atoms with Gasteiger partial charge in [-0.2, -0.15) is 5.26 Å². The second-order valence-electron chi connectivity index (χ2n) is 7.73. The van der Waals surface area contributed by atoms with E-state index in [2.05, 4.69) is 46.3 Å². The van der Waals surface area contributed by atoms with E-state index >= 15 is 0 Å². The molecular weight excluding hydrogens is 474 g/mol. The minimum Gasteiger partial charge on any atom is -0.490 e. The van der Waals surface area contributed by atoms with Gasteiger partial charge in [0.25, 0.3) is 0 Å². The standard InChI is InChI=1S/C29H24BrNO2/c1-3-32-28-17-21(15-25(18-31)22-13-11-20(2)12-14-22)16-27(30)29(28)33-19-24-9-6-8-23-7-4-5-10-26(23)24/h4-17H,3,19H2,1-2H3/b25-15+. The molecule has 0 heterocycles. The van der Waals surface area contributed by atoms with E-state index in [1.54, 1.807) is 0 Å². The fourth-order valence-corrected chi connectivity index (χ4v) is 4.30. The highest BCUT2D eigenvalue weighted by atomic mass is 79.9. The summed E-state index contributed by atoms with van der Waals surface area (Å²) in [6.07, 6.45) is 1.87. The quantitative estimate of drug-likeness (QED) is 0.192. The number of allylic oxidation sites excluding steroid dienone is 1. The van der Waals surface area contributed by atoms with E-state index < -0.39 is 0 Å². The molecule has 0 aliphatic rings. The molecule has 0 saturated heterocycles. The fourth-order valence-electron chi connectivity index (χ4n) is 3.72. The Morgan fingerprint density at radius 2 is 1.73 bits per heavy atom. The Balaban J connectivity index is 1.65. The van der Waals surface area contributed by atoms with E-state index in [1.807, 2.05) is 74.5 Å². The Hall–Kier alpha value is -3.55. The van der Waals surface area contributed by atoms with Crippen molar-refractivity contribution < 1.29 is 9.47 Å². The van der Waals surface area contributed by atoms with Crippen molar-refractivity contribution in [2.75, 3.05) is 6.61 Å². The van der Waals surface area contributed by atoms with Crippen molar-refractivity contribution in [3.05, 3.63) is 106 Å². The van der Waals surface area contributed by atoms with E-state index in [-0.39, 0.29) is 0 Å². The molecule has 0 unspecified atom stereocenters. The molecule has 3 nitrogen and oxygen atoms in total. The van der Waals surface area contributed by atoms with Crippen molar-refractivity contribution >= 4 is 38.4 Å². The first-order chi connectivity index (χ1) is 16.1. The van der Waals surface area contributed by atoms with E-state index in [1.165, 1.54) is 10.8 Å². The Morgan fingerprint density at radius 1 is 0.970 bits per heavy atom. The van der Waals surface area contributed by atoms with Crippen molar-refractivity contribution in [1.82, 2.24) is 0 Å². The molecule has 0 amide bonds. The SMILES string of the molecule is CCOc1cc(/C=C(\C#N)c2ccc(C)cc2)cc(Br)c1OCc1cccc2ccccc12. The summed E-state index contributed by atoms with van der Waals surface area (Å²) in [6.45, 7) is 4.90. The second-order valence-corrected chi connectivity index (χ2v) is 8.58. The van der Waals surface area contributed by atoms with Gasteiger partial charge in [0.1, 0.15) is 6.61 Å². The number of benzene rings is 4. The van der Waals surface area contributed by atoms with Gasteiger partial charge in [-0.3, -0.25) is 0 Å². The van der Waals surface area contributed by atoms with Gasteiger partial charge >= 0.3 is 0 Å². The predicted octanol–water partition coefficient (Wildman–Crippen LogP) is 7.95. The topological polar surface area (TPSA) is 42.2 Å². The van der Waals surface area contributed by atoms with Gasteiger partial charge in [0, 0.05) is 0 Å². The lowest BCUT2D eigenvalue weighted by Crippen LogP contribution is -2.01. The molecule has 0 radical (unpaired) electrons. The maximum Gasteiger partial charge on any atom is 0.175 e. The molecule has 4 rings (SSSR count). The number of nitriles is 1. The van der Waals surface area contributed by atoms with E-state index in [0.29, 0.717) is 30.3 Å². The van der Waals surface area contributed by atoms with Gasteiger partial charge in [-0.05, 0) is 75.4 Å². The summed E-state index contributed by atoms with van der Waals surface area (Å²) in [6, 6.07) is 28.6. The minimum atomic E-state index is 0.419. The molecule has 4 heteroatoms. The number of aryl methyl sites for hydroxylation is 1. The van der Waals surface area contributed by atoms with Gasteiger partial charge in [0.15, 0.2) is 11.5 Å². The predicted molar refractivity (Wildman–Crippen MR) is 138 cm³/mol. The van der Waals surface area contributed by atoms with Crippen LogP contribution in [0, 0.1) is 18.3 Å². The maximum absolute atomic E-state index is 9.72. The van der Waals surface area contributed by atoms with Crippen molar-refractivity contribution in [2.24, 2.45) is 0 Å². The largest absolute Gasteiger partial charge is 0.490 e. The molecular formula is C29H24BrNO2. The highest BCUT2D eigenvalue weighted by Crippen LogP contribution is 2.38. The van der Waals surface area contributed by atoms with E-state index in [0.717, 1.165) is 26.7 Å². The van der Waals surface area contributed by atoms with Crippen LogP contribution in [-0.4, -0.2) is 6.61 Å². The van der Waals surface area contributed by atoms with Crippen LogP contribution >= 0.6 is 15.9 Å². The summed E-state index contributed by atoms with van der Waals surface area (Å²) in [5, 5.41) is 12.1. The van der Waals surface area contributed by atoms with Gasteiger partial charge < -0.3 is 9.47 Å².